The standard InChI is InChI=1S/C9H10ClNO3/c10-8-5-6(14-4-3-11)1-2-7(8)9(12)13/h1-2,5H,3-4,11H2,(H,12,13). The van der Waals surface area contributed by atoms with Crippen LogP contribution in [0.25, 0.3) is 0 Å². The molecule has 0 unspecified atom stereocenters. The first kappa shape index (κ1) is 10.8. The first-order valence-corrected chi connectivity index (χ1v) is 4.38. The van der Waals surface area contributed by atoms with Crippen molar-refractivity contribution in [3.63, 3.8) is 0 Å². The number of carbonyl (C=O) groups is 1. The van der Waals surface area contributed by atoms with Gasteiger partial charge in [-0.15, -0.1) is 0 Å². The summed E-state index contributed by atoms with van der Waals surface area (Å²) in [4.78, 5) is 10.6. The van der Waals surface area contributed by atoms with Gasteiger partial charge in [-0.1, -0.05) is 11.6 Å². The number of nitrogens with two attached hydrogens (primary N) is 1. The van der Waals surface area contributed by atoms with Crippen molar-refractivity contribution < 1.29 is 14.6 Å². The third-order valence-electron chi connectivity index (χ3n) is 1.56. The van der Waals surface area contributed by atoms with Crippen molar-refractivity contribution in [3.05, 3.63) is 28.8 Å². The van der Waals surface area contributed by atoms with Crippen LogP contribution in [0.2, 0.25) is 5.02 Å². The number of aromatic carboxylic acids is 1. The SMILES string of the molecule is NCCOc1ccc(C(=O)O)c(Cl)c1. The van der Waals surface area contributed by atoms with Gasteiger partial charge in [0.25, 0.3) is 0 Å². The third-order valence-corrected chi connectivity index (χ3v) is 1.87. The van der Waals surface area contributed by atoms with Gasteiger partial charge in [0.05, 0.1) is 10.6 Å². The van der Waals surface area contributed by atoms with Gasteiger partial charge in [0, 0.05) is 6.54 Å². The second-order valence-electron chi connectivity index (χ2n) is 2.58. The van der Waals surface area contributed by atoms with E-state index < -0.39 is 5.97 Å². The normalized spacial score (nSPS) is 9.86. The maximum absolute atomic E-state index is 10.6. The predicted octanol–water partition coefficient (Wildman–Crippen LogP) is 1.38. The molecular weight excluding hydrogens is 206 g/mol. The quantitative estimate of drug-likeness (QED) is 0.796. The Morgan fingerprint density at radius 2 is 2.29 bits per heavy atom. The molecule has 5 heteroatoms. The maximum atomic E-state index is 10.6. The van der Waals surface area contributed by atoms with E-state index in [-0.39, 0.29) is 10.6 Å². The summed E-state index contributed by atoms with van der Waals surface area (Å²) in [6.07, 6.45) is 0. The molecule has 0 fully saturated rings. The van der Waals surface area contributed by atoms with Gasteiger partial charge >= 0.3 is 5.97 Å². The van der Waals surface area contributed by atoms with Crippen molar-refractivity contribution in [2.75, 3.05) is 13.2 Å². The maximum Gasteiger partial charge on any atom is 0.337 e. The summed E-state index contributed by atoms with van der Waals surface area (Å²) in [5.74, 6) is -0.536. The highest BCUT2D eigenvalue weighted by molar-refractivity contribution is 6.33. The first-order chi connectivity index (χ1) is 6.65. The van der Waals surface area contributed by atoms with Crippen LogP contribution in [-0.4, -0.2) is 24.2 Å². The van der Waals surface area contributed by atoms with Gasteiger partial charge in [-0.05, 0) is 18.2 Å². The van der Waals surface area contributed by atoms with Gasteiger partial charge < -0.3 is 15.6 Å². The Bertz CT molecular complexity index is 341. The minimum Gasteiger partial charge on any atom is -0.492 e. The van der Waals surface area contributed by atoms with Gasteiger partial charge in [-0.25, -0.2) is 4.79 Å². The van der Waals surface area contributed by atoms with Crippen molar-refractivity contribution >= 4 is 17.6 Å². The van der Waals surface area contributed by atoms with Crippen molar-refractivity contribution in [3.8, 4) is 5.75 Å². The molecule has 4 nitrogen and oxygen atoms in total. The van der Waals surface area contributed by atoms with E-state index in [0.29, 0.717) is 18.9 Å². The van der Waals surface area contributed by atoms with Gasteiger partial charge in [-0.2, -0.15) is 0 Å². The van der Waals surface area contributed by atoms with E-state index in [0.717, 1.165) is 0 Å². The summed E-state index contributed by atoms with van der Waals surface area (Å²) >= 11 is 5.71. The molecule has 0 saturated heterocycles. The summed E-state index contributed by atoms with van der Waals surface area (Å²) in [5, 5.41) is 8.85. The summed E-state index contributed by atoms with van der Waals surface area (Å²) in [6.45, 7) is 0.779. The van der Waals surface area contributed by atoms with Crippen LogP contribution in [-0.2, 0) is 0 Å². The number of carboxylic acids is 1. The second kappa shape index (κ2) is 4.83. The van der Waals surface area contributed by atoms with Crippen LogP contribution in [0, 0.1) is 0 Å². The molecule has 1 aromatic carbocycles. The highest BCUT2D eigenvalue weighted by Crippen LogP contribution is 2.22. The number of hydrogen-bond donors (Lipinski definition) is 2. The fraction of sp³-hybridized carbons (Fsp3) is 0.222. The lowest BCUT2D eigenvalue weighted by Crippen LogP contribution is -2.10. The largest absolute Gasteiger partial charge is 0.492 e. The summed E-state index contributed by atoms with van der Waals surface area (Å²) in [6, 6.07) is 4.40. The molecule has 0 bridgehead atoms. The second-order valence-corrected chi connectivity index (χ2v) is 2.99. The molecule has 0 saturated carbocycles. The molecule has 0 heterocycles. The Morgan fingerprint density at radius 1 is 1.57 bits per heavy atom. The molecule has 0 atom stereocenters. The average molecular weight is 216 g/mol. The molecule has 0 aromatic heterocycles. The van der Waals surface area contributed by atoms with Crippen LogP contribution in [0.1, 0.15) is 10.4 Å². The van der Waals surface area contributed by atoms with Crippen LogP contribution in [0.15, 0.2) is 18.2 Å². The molecule has 1 aromatic rings. The number of hydrogen-bond acceptors (Lipinski definition) is 3. The lowest BCUT2D eigenvalue weighted by Gasteiger charge is -2.05. The molecule has 0 amide bonds. The van der Waals surface area contributed by atoms with E-state index in [4.69, 9.17) is 27.2 Å². The van der Waals surface area contributed by atoms with Gasteiger partial charge in [0.2, 0.25) is 0 Å². The Hall–Kier alpha value is -1.26. The molecule has 1 rings (SSSR count). The number of ether oxygens (including phenoxy) is 1. The van der Waals surface area contributed by atoms with E-state index in [1.54, 1.807) is 6.07 Å². The Kier molecular flexibility index (Phi) is 3.73. The fourth-order valence-corrected chi connectivity index (χ4v) is 1.19. The molecule has 3 N–H and O–H groups in total. The first-order valence-electron chi connectivity index (χ1n) is 4.01. The van der Waals surface area contributed by atoms with E-state index in [9.17, 15) is 4.79 Å². The summed E-state index contributed by atoms with van der Waals surface area (Å²) in [7, 11) is 0. The van der Waals surface area contributed by atoms with E-state index in [1.807, 2.05) is 0 Å². The van der Waals surface area contributed by atoms with E-state index >= 15 is 0 Å². The summed E-state index contributed by atoms with van der Waals surface area (Å²) < 4.78 is 5.17. The highest BCUT2D eigenvalue weighted by Gasteiger charge is 2.08. The number of rotatable bonds is 4. The average Bonchev–Trinajstić information content (AvgIpc) is 2.14. The van der Waals surface area contributed by atoms with Crippen molar-refractivity contribution in [1.82, 2.24) is 0 Å². The van der Waals surface area contributed by atoms with E-state index in [1.165, 1.54) is 12.1 Å². The lowest BCUT2D eigenvalue weighted by molar-refractivity contribution is 0.0697. The Balaban J connectivity index is 2.83. The highest BCUT2D eigenvalue weighted by atomic mass is 35.5. The van der Waals surface area contributed by atoms with Crippen LogP contribution in [0.5, 0.6) is 5.75 Å². The van der Waals surface area contributed by atoms with Gasteiger partial charge in [0.1, 0.15) is 12.4 Å². The number of carboxylic acid groups (broad SMARTS) is 1. The lowest BCUT2D eigenvalue weighted by atomic mass is 10.2. The zero-order chi connectivity index (χ0) is 10.6. The van der Waals surface area contributed by atoms with Gasteiger partial charge in [0.15, 0.2) is 0 Å². The molecular formula is C9H10ClNO3. The molecule has 0 aliphatic carbocycles. The molecule has 14 heavy (non-hydrogen) atoms. The topological polar surface area (TPSA) is 72.5 Å². The van der Waals surface area contributed by atoms with Crippen LogP contribution in [0.4, 0.5) is 0 Å². The zero-order valence-electron chi connectivity index (χ0n) is 7.37. The monoisotopic (exact) mass is 215 g/mol. The van der Waals surface area contributed by atoms with Crippen LogP contribution < -0.4 is 10.5 Å². The van der Waals surface area contributed by atoms with Crippen molar-refractivity contribution in [2.24, 2.45) is 5.73 Å². The van der Waals surface area contributed by atoms with Crippen LogP contribution in [0.3, 0.4) is 0 Å². The zero-order valence-corrected chi connectivity index (χ0v) is 8.12. The molecule has 0 aliphatic rings. The molecule has 0 aliphatic heterocycles. The van der Waals surface area contributed by atoms with Crippen LogP contribution >= 0.6 is 11.6 Å². The predicted molar refractivity (Wildman–Crippen MR) is 53.0 cm³/mol. The molecule has 0 radical (unpaired) electrons. The third kappa shape index (κ3) is 2.61. The summed E-state index contributed by atoms with van der Waals surface area (Å²) in [5.41, 5.74) is 5.30. The van der Waals surface area contributed by atoms with Gasteiger partial charge in [-0.3, -0.25) is 0 Å². The minimum absolute atomic E-state index is 0.0618. The minimum atomic E-state index is -1.06. The fourth-order valence-electron chi connectivity index (χ4n) is 0.936. The van der Waals surface area contributed by atoms with E-state index in [2.05, 4.69) is 0 Å². The number of halogens is 1. The molecule has 76 valence electrons. The Morgan fingerprint density at radius 3 is 2.79 bits per heavy atom. The van der Waals surface area contributed by atoms with Crippen molar-refractivity contribution in [2.45, 2.75) is 0 Å². The smallest absolute Gasteiger partial charge is 0.337 e. The molecule has 0 spiro atoms. The van der Waals surface area contributed by atoms with Crippen molar-refractivity contribution in [1.29, 1.82) is 0 Å². The number of benzene rings is 1. The Labute approximate surface area is 86.2 Å².